The molecule has 1 heterocycles. The van der Waals surface area contributed by atoms with E-state index in [2.05, 4.69) is 18.7 Å². The Hall–Kier alpha value is -1.68. The molecular formula is C17H24N2O2. The van der Waals surface area contributed by atoms with Gasteiger partial charge in [-0.2, -0.15) is 0 Å². The Balaban J connectivity index is 2.32. The van der Waals surface area contributed by atoms with Gasteiger partial charge in [-0.15, -0.1) is 0 Å². The van der Waals surface area contributed by atoms with E-state index in [1.165, 1.54) is 4.90 Å². The molecule has 1 aliphatic heterocycles. The normalized spacial score (nSPS) is 22.4. The molecular weight excluding hydrogens is 264 g/mol. The van der Waals surface area contributed by atoms with Gasteiger partial charge in [-0.1, -0.05) is 44.2 Å². The third-order valence-electron chi connectivity index (χ3n) is 4.62. The van der Waals surface area contributed by atoms with E-state index in [0.717, 1.165) is 25.2 Å². The summed E-state index contributed by atoms with van der Waals surface area (Å²) in [4.78, 5) is 28.3. The van der Waals surface area contributed by atoms with Gasteiger partial charge in [0.25, 0.3) is 0 Å². The average Bonchev–Trinajstić information content (AvgIpc) is 2.74. The van der Waals surface area contributed by atoms with Crippen LogP contribution in [0.5, 0.6) is 0 Å². The third kappa shape index (κ3) is 2.86. The summed E-state index contributed by atoms with van der Waals surface area (Å²) < 4.78 is 0. The molecule has 1 aromatic carbocycles. The Labute approximate surface area is 126 Å². The Morgan fingerprint density at radius 1 is 1.14 bits per heavy atom. The molecule has 1 aromatic rings. The molecule has 1 fully saturated rings. The first-order valence-corrected chi connectivity index (χ1v) is 7.64. The number of nitrogens with zero attached hydrogens (tertiary/aromatic N) is 2. The summed E-state index contributed by atoms with van der Waals surface area (Å²) in [6.07, 6.45) is 0.973. The van der Waals surface area contributed by atoms with Crippen LogP contribution in [0.1, 0.15) is 32.3 Å². The lowest BCUT2D eigenvalue weighted by Gasteiger charge is -2.29. The second-order valence-electron chi connectivity index (χ2n) is 5.66. The molecule has 0 bridgehead atoms. The van der Waals surface area contributed by atoms with E-state index in [4.69, 9.17) is 0 Å². The van der Waals surface area contributed by atoms with Crippen molar-refractivity contribution in [1.82, 2.24) is 9.80 Å². The molecule has 4 heteroatoms. The standard InChI is InChI=1S/C17H24N2O2/c1-4-19(5-2)12-11-17(14-9-7-6-8-10-14)13-15(20)18(3)16(17)21/h6-10H,4-5,11-13H2,1-3H3/t17-/m1/s1. The van der Waals surface area contributed by atoms with E-state index in [1.54, 1.807) is 7.05 Å². The summed E-state index contributed by atoms with van der Waals surface area (Å²) in [7, 11) is 1.59. The Kier molecular flexibility index (Phi) is 4.78. The Morgan fingerprint density at radius 2 is 1.76 bits per heavy atom. The third-order valence-corrected chi connectivity index (χ3v) is 4.62. The lowest BCUT2D eigenvalue weighted by atomic mass is 9.76. The van der Waals surface area contributed by atoms with E-state index in [0.29, 0.717) is 6.42 Å². The fraction of sp³-hybridized carbons (Fsp3) is 0.529. The molecule has 0 spiro atoms. The number of amides is 2. The average molecular weight is 288 g/mol. The topological polar surface area (TPSA) is 40.6 Å². The molecule has 0 radical (unpaired) electrons. The highest BCUT2D eigenvalue weighted by molar-refractivity contribution is 6.08. The molecule has 2 rings (SSSR count). The Bertz CT molecular complexity index is 511. The number of imide groups is 1. The fourth-order valence-corrected chi connectivity index (χ4v) is 3.10. The van der Waals surface area contributed by atoms with Crippen molar-refractivity contribution in [2.75, 3.05) is 26.7 Å². The monoisotopic (exact) mass is 288 g/mol. The summed E-state index contributed by atoms with van der Waals surface area (Å²) >= 11 is 0. The van der Waals surface area contributed by atoms with Crippen LogP contribution in [0.4, 0.5) is 0 Å². The number of likely N-dealkylation sites (N-methyl/N-ethyl adjacent to an activating group) is 1. The number of rotatable bonds is 6. The maximum Gasteiger partial charge on any atom is 0.240 e. The number of carbonyl (C=O) groups excluding carboxylic acids is 2. The van der Waals surface area contributed by atoms with E-state index in [9.17, 15) is 9.59 Å². The molecule has 0 saturated carbocycles. The fourth-order valence-electron chi connectivity index (χ4n) is 3.10. The lowest BCUT2D eigenvalue weighted by molar-refractivity contribution is -0.138. The zero-order valence-electron chi connectivity index (χ0n) is 13.1. The maximum atomic E-state index is 12.7. The summed E-state index contributed by atoms with van der Waals surface area (Å²) in [6.45, 7) is 6.98. The zero-order chi connectivity index (χ0) is 15.5. The first-order valence-electron chi connectivity index (χ1n) is 7.64. The van der Waals surface area contributed by atoms with Crippen molar-refractivity contribution in [3.8, 4) is 0 Å². The molecule has 21 heavy (non-hydrogen) atoms. The molecule has 0 N–H and O–H groups in total. The van der Waals surface area contributed by atoms with Crippen LogP contribution in [0.3, 0.4) is 0 Å². The van der Waals surface area contributed by atoms with E-state index >= 15 is 0 Å². The minimum atomic E-state index is -0.685. The SMILES string of the molecule is CCN(CC)CC[C@]1(c2ccccc2)CC(=O)N(C)C1=O. The number of hydrogen-bond acceptors (Lipinski definition) is 3. The van der Waals surface area contributed by atoms with Crippen LogP contribution < -0.4 is 0 Å². The van der Waals surface area contributed by atoms with Crippen molar-refractivity contribution in [3.05, 3.63) is 35.9 Å². The number of likely N-dealkylation sites (tertiary alicyclic amines) is 1. The van der Waals surface area contributed by atoms with Gasteiger partial charge in [0.15, 0.2) is 0 Å². The van der Waals surface area contributed by atoms with Crippen molar-refractivity contribution >= 4 is 11.8 Å². The van der Waals surface area contributed by atoms with Crippen LogP contribution in [-0.4, -0.2) is 48.3 Å². The van der Waals surface area contributed by atoms with Crippen molar-refractivity contribution in [3.63, 3.8) is 0 Å². The molecule has 1 aliphatic rings. The summed E-state index contributed by atoms with van der Waals surface area (Å²) in [5, 5.41) is 0. The minimum Gasteiger partial charge on any atom is -0.304 e. The largest absolute Gasteiger partial charge is 0.304 e. The number of benzene rings is 1. The van der Waals surface area contributed by atoms with Gasteiger partial charge >= 0.3 is 0 Å². The van der Waals surface area contributed by atoms with Gasteiger partial charge in [-0.25, -0.2) is 0 Å². The highest BCUT2D eigenvalue weighted by Gasteiger charge is 2.50. The van der Waals surface area contributed by atoms with Gasteiger partial charge < -0.3 is 4.90 Å². The van der Waals surface area contributed by atoms with Crippen LogP contribution in [0, 0.1) is 0 Å². The van der Waals surface area contributed by atoms with E-state index in [-0.39, 0.29) is 18.2 Å². The van der Waals surface area contributed by atoms with Crippen molar-refractivity contribution in [2.45, 2.75) is 32.1 Å². The second-order valence-corrected chi connectivity index (χ2v) is 5.66. The summed E-state index contributed by atoms with van der Waals surface area (Å²) in [6, 6.07) is 9.74. The molecule has 4 nitrogen and oxygen atoms in total. The zero-order valence-corrected chi connectivity index (χ0v) is 13.1. The highest BCUT2D eigenvalue weighted by atomic mass is 16.2. The first-order chi connectivity index (χ1) is 10.0. The number of carbonyl (C=O) groups is 2. The van der Waals surface area contributed by atoms with Crippen LogP contribution in [0.15, 0.2) is 30.3 Å². The Morgan fingerprint density at radius 3 is 2.24 bits per heavy atom. The van der Waals surface area contributed by atoms with Gasteiger partial charge in [-0.05, 0) is 31.6 Å². The van der Waals surface area contributed by atoms with Crippen LogP contribution >= 0.6 is 0 Å². The van der Waals surface area contributed by atoms with Crippen molar-refractivity contribution in [2.24, 2.45) is 0 Å². The maximum absolute atomic E-state index is 12.7. The molecule has 114 valence electrons. The van der Waals surface area contributed by atoms with Gasteiger partial charge in [0.2, 0.25) is 11.8 Å². The van der Waals surface area contributed by atoms with Gasteiger partial charge in [0, 0.05) is 13.5 Å². The molecule has 0 aromatic heterocycles. The van der Waals surface area contributed by atoms with E-state index in [1.807, 2.05) is 30.3 Å². The molecule has 0 aliphatic carbocycles. The second kappa shape index (κ2) is 6.39. The highest BCUT2D eigenvalue weighted by Crippen LogP contribution is 2.39. The van der Waals surface area contributed by atoms with Crippen molar-refractivity contribution in [1.29, 1.82) is 0 Å². The van der Waals surface area contributed by atoms with Crippen LogP contribution in [0.2, 0.25) is 0 Å². The van der Waals surface area contributed by atoms with E-state index < -0.39 is 5.41 Å². The molecule has 1 saturated heterocycles. The first kappa shape index (κ1) is 15.7. The summed E-state index contributed by atoms with van der Waals surface area (Å²) in [5.41, 5.74) is 0.273. The predicted octanol–water partition coefficient (Wildman–Crippen LogP) is 2.04. The van der Waals surface area contributed by atoms with Gasteiger partial charge in [-0.3, -0.25) is 14.5 Å². The minimum absolute atomic E-state index is 0.0640. The van der Waals surface area contributed by atoms with Gasteiger partial charge in [0.05, 0.1) is 5.41 Å². The smallest absolute Gasteiger partial charge is 0.240 e. The molecule has 2 amide bonds. The van der Waals surface area contributed by atoms with Gasteiger partial charge in [0.1, 0.15) is 0 Å². The predicted molar refractivity (Wildman–Crippen MR) is 82.9 cm³/mol. The quantitative estimate of drug-likeness (QED) is 0.752. The number of hydrogen-bond donors (Lipinski definition) is 0. The lowest BCUT2D eigenvalue weighted by Crippen LogP contribution is -2.40. The summed E-state index contributed by atoms with van der Waals surface area (Å²) in [5.74, 6) is -0.144. The van der Waals surface area contributed by atoms with Crippen LogP contribution in [0.25, 0.3) is 0 Å². The van der Waals surface area contributed by atoms with Crippen molar-refractivity contribution < 1.29 is 9.59 Å². The molecule has 0 unspecified atom stereocenters. The van der Waals surface area contributed by atoms with Crippen LogP contribution in [-0.2, 0) is 15.0 Å². The molecule has 1 atom stereocenters.